The second-order valence-electron chi connectivity index (χ2n) is 11.6. The number of anilines is 1. The number of benzene rings is 1. The van der Waals surface area contributed by atoms with Gasteiger partial charge in [-0.05, 0) is 54.5 Å². The molecule has 1 aliphatic carbocycles. The Morgan fingerprint density at radius 1 is 1.16 bits per heavy atom. The Hall–Kier alpha value is -3.44. The second kappa shape index (κ2) is 11.5. The van der Waals surface area contributed by atoms with Crippen molar-refractivity contribution < 1.29 is 14.7 Å². The maximum Gasteiger partial charge on any atom is 0.251 e. The number of carbonyl (C=O) groups excluding carboxylic acids is 2. The topological polar surface area (TPSA) is 110 Å². The molecule has 8 nitrogen and oxygen atoms in total. The molecule has 4 rings (SSSR count). The summed E-state index contributed by atoms with van der Waals surface area (Å²) in [4.78, 5) is 35.5. The van der Waals surface area contributed by atoms with Crippen LogP contribution in [0.15, 0.2) is 42.7 Å². The highest BCUT2D eigenvalue weighted by atomic mass is 16.3. The van der Waals surface area contributed by atoms with Gasteiger partial charge in [0.2, 0.25) is 5.91 Å². The van der Waals surface area contributed by atoms with Crippen LogP contribution in [-0.4, -0.2) is 51.5 Å². The highest BCUT2D eigenvalue weighted by Crippen LogP contribution is 2.34. The maximum atomic E-state index is 14.3. The summed E-state index contributed by atoms with van der Waals surface area (Å²) in [5, 5.41) is 23.2. The highest BCUT2D eigenvalue weighted by molar-refractivity contribution is 6.04. The normalized spacial score (nSPS) is 21.0. The Bertz CT molecular complexity index is 1180. The van der Waals surface area contributed by atoms with E-state index in [1.54, 1.807) is 12.4 Å². The van der Waals surface area contributed by atoms with E-state index in [1.165, 1.54) is 9.80 Å². The number of hydrogen-bond acceptors (Lipinski definition) is 6. The summed E-state index contributed by atoms with van der Waals surface area (Å²) in [6.45, 7) is 8.36. The fraction of sp³-hybridized carbons (Fsp3) is 0.533. The van der Waals surface area contributed by atoms with E-state index in [0.29, 0.717) is 11.3 Å². The van der Waals surface area contributed by atoms with Crippen molar-refractivity contribution in [2.45, 2.75) is 95.9 Å². The molecule has 38 heavy (non-hydrogen) atoms. The van der Waals surface area contributed by atoms with Crippen LogP contribution < -0.4 is 10.2 Å². The summed E-state index contributed by atoms with van der Waals surface area (Å²) < 4.78 is 0. The van der Waals surface area contributed by atoms with E-state index in [4.69, 9.17) is 0 Å². The number of nitrogens with one attached hydrogen (secondary N) is 1. The van der Waals surface area contributed by atoms with Gasteiger partial charge in [0.1, 0.15) is 12.1 Å². The third-order valence-electron chi connectivity index (χ3n) is 7.77. The van der Waals surface area contributed by atoms with Crippen LogP contribution in [0.25, 0.3) is 0 Å². The van der Waals surface area contributed by atoms with E-state index < -0.39 is 24.1 Å². The molecule has 1 aromatic carbocycles. The number of hydrogen-bond donors (Lipinski definition) is 2. The zero-order valence-electron chi connectivity index (χ0n) is 22.9. The lowest BCUT2D eigenvalue weighted by atomic mass is 9.87. The minimum absolute atomic E-state index is 0.0554. The van der Waals surface area contributed by atoms with Crippen LogP contribution in [0.3, 0.4) is 0 Å². The van der Waals surface area contributed by atoms with Gasteiger partial charge in [-0.3, -0.25) is 24.4 Å². The van der Waals surface area contributed by atoms with Gasteiger partial charge < -0.3 is 10.4 Å². The molecule has 1 aliphatic heterocycles. The van der Waals surface area contributed by atoms with Crippen molar-refractivity contribution in [1.82, 2.24) is 15.2 Å². The van der Waals surface area contributed by atoms with Crippen LogP contribution in [0.5, 0.6) is 0 Å². The van der Waals surface area contributed by atoms with E-state index in [1.807, 2.05) is 37.3 Å². The van der Waals surface area contributed by atoms with Crippen molar-refractivity contribution in [3.8, 4) is 6.19 Å². The molecule has 0 bridgehead atoms. The van der Waals surface area contributed by atoms with E-state index in [-0.39, 0.29) is 30.3 Å². The Kier molecular flexibility index (Phi) is 8.37. The number of likely N-dealkylation sites (tertiary alicyclic amines) is 1. The number of aliphatic hydroxyl groups is 1. The minimum atomic E-state index is -0.975. The van der Waals surface area contributed by atoms with Gasteiger partial charge >= 0.3 is 0 Å². The first-order chi connectivity index (χ1) is 18.1. The van der Waals surface area contributed by atoms with Crippen molar-refractivity contribution in [2.24, 2.45) is 0 Å². The lowest BCUT2D eigenvalue weighted by Crippen LogP contribution is -2.52. The Morgan fingerprint density at radius 2 is 1.84 bits per heavy atom. The number of amides is 2. The number of nitriles is 1. The Balaban J connectivity index is 1.82. The van der Waals surface area contributed by atoms with Gasteiger partial charge in [-0.15, -0.1) is 0 Å². The van der Waals surface area contributed by atoms with Crippen LogP contribution in [0.2, 0.25) is 0 Å². The van der Waals surface area contributed by atoms with Crippen molar-refractivity contribution in [3.63, 3.8) is 0 Å². The quantitative estimate of drug-likeness (QED) is 0.558. The molecule has 2 aromatic rings. The predicted molar refractivity (Wildman–Crippen MR) is 146 cm³/mol. The number of aromatic nitrogens is 1. The van der Waals surface area contributed by atoms with E-state index >= 15 is 0 Å². The standard InChI is InChI=1S/C30H39N5O3/c1-20-14-15-32-17-25(20)27(28(37)33-22-8-6-5-7-9-22)35(23-12-10-21(11-13-23)30(2,3)4)29(38)26-16-24(36)18-34(26)19-31/h10-15,17,22,24,26-27,36H,5-9,16,18H2,1-4H3,(H,33,37). The van der Waals surface area contributed by atoms with Gasteiger partial charge in [-0.25, -0.2) is 0 Å². The maximum absolute atomic E-state index is 14.3. The molecule has 1 saturated carbocycles. The molecule has 3 atom stereocenters. The zero-order valence-corrected chi connectivity index (χ0v) is 22.9. The predicted octanol–water partition coefficient (Wildman–Crippen LogP) is 4.13. The van der Waals surface area contributed by atoms with Gasteiger partial charge in [0.15, 0.2) is 6.19 Å². The molecule has 3 unspecified atom stereocenters. The molecular formula is C30H39N5O3. The van der Waals surface area contributed by atoms with Crippen molar-refractivity contribution in [2.75, 3.05) is 11.4 Å². The number of β-amino-alcohol motifs (C(OH)–C–C–N with tert-alkyl or cyclic N) is 1. The average Bonchev–Trinajstić information content (AvgIpc) is 3.28. The summed E-state index contributed by atoms with van der Waals surface area (Å²) in [5.74, 6) is -0.651. The molecule has 2 aliphatic rings. The van der Waals surface area contributed by atoms with Gasteiger partial charge in [0, 0.05) is 36.1 Å². The SMILES string of the molecule is Cc1ccncc1C(C(=O)NC1CCCCC1)N(C(=O)C1CC(O)CN1C#N)c1ccc(C(C)(C)C)cc1. The molecule has 0 spiro atoms. The zero-order chi connectivity index (χ0) is 27.4. The Labute approximate surface area is 225 Å². The number of rotatable bonds is 6. The fourth-order valence-electron chi connectivity index (χ4n) is 5.53. The van der Waals surface area contributed by atoms with Crippen LogP contribution in [0.4, 0.5) is 5.69 Å². The van der Waals surface area contributed by atoms with Gasteiger partial charge in [-0.1, -0.05) is 52.2 Å². The lowest BCUT2D eigenvalue weighted by Gasteiger charge is -2.36. The largest absolute Gasteiger partial charge is 0.391 e. The molecule has 1 saturated heterocycles. The van der Waals surface area contributed by atoms with Crippen molar-refractivity contribution in [3.05, 3.63) is 59.4 Å². The first kappa shape index (κ1) is 27.6. The molecule has 2 heterocycles. The molecular weight excluding hydrogens is 478 g/mol. The van der Waals surface area contributed by atoms with E-state index in [2.05, 4.69) is 37.3 Å². The summed E-state index contributed by atoms with van der Waals surface area (Å²) in [5.41, 5.74) is 3.06. The third-order valence-corrected chi connectivity index (χ3v) is 7.77. The van der Waals surface area contributed by atoms with Crippen LogP contribution in [-0.2, 0) is 15.0 Å². The van der Waals surface area contributed by atoms with E-state index in [0.717, 1.165) is 43.2 Å². The van der Waals surface area contributed by atoms with E-state index in [9.17, 15) is 20.0 Å². The first-order valence-electron chi connectivity index (χ1n) is 13.6. The molecule has 202 valence electrons. The Morgan fingerprint density at radius 3 is 2.45 bits per heavy atom. The van der Waals surface area contributed by atoms with Crippen LogP contribution >= 0.6 is 0 Å². The summed E-state index contributed by atoms with van der Waals surface area (Å²) in [7, 11) is 0. The van der Waals surface area contributed by atoms with Gasteiger partial charge in [0.05, 0.1) is 12.6 Å². The smallest absolute Gasteiger partial charge is 0.251 e. The molecule has 8 heteroatoms. The summed E-state index contributed by atoms with van der Waals surface area (Å²) >= 11 is 0. The van der Waals surface area contributed by atoms with Crippen LogP contribution in [0.1, 0.15) is 82.0 Å². The number of aliphatic hydroxyl groups excluding tert-OH is 1. The molecule has 1 aromatic heterocycles. The number of nitrogens with zero attached hydrogens (tertiary/aromatic N) is 4. The van der Waals surface area contributed by atoms with Crippen molar-refractivity contribution in [1.29, 1.82) is 5.26 Å². The van der Waals surface area contributed by atoms with Crippen LogP contribution in [0, 0.1) is 18.4 Å². The molecule has 2 amide bonds. The molecule has 2 fully saturated rings. The fourth-order valence-corrected chi connectivity index (χ4v) is 5.53. The van der Waals surface area contributed by atoms with Crippen molar-refractivity contribution >= 4 is 17.5 Å². The second-order valence-corrected chi connectivity index (χ2v) is 11.6. The number of pyridine rings is 1. The number of carbonyl (C=O) groups is 2. The molecule has 2 N–H and O–H groups in total. The minimum Gasteiger partial charge on any atom is -0.391 e. The number of aryl methyl sites for hydroxylation is 1. The van der Waals surface area contributed by atoms with Gasteiger partial charge in [0.25, 0.3) is 5.91 Å². The average molecular weight is 518 g/mol. The molecule has 0 radical (unpaired) electrons. The lowest BCUT2D eigenvalue weighted by molar-refractivity contribution is -0.128. The highest BCUT2D eigenvalue weighted by Gasteiger charge is 2.43. The summed E-state index contributed by atoms with van der Waals surface area (Å²) in [6.07, 6.45) is 9.84. The first-order valence-corrected chi connectivity index (χ1v) is 13.6. The van der Waals surface area contributed by atoms with Gasteiger partial charge in [-0.2, -0.15) is 5.26 Å². The monoisotopic (exact) mass is 517 g/mol. The third kappa shape index (κ3) is 5.99. The summed E-state index contributed by atoms with van der Waals surface area (Å²) in [6, 6.07) is 7.75.